The number of hydrogen-bond acceptors (Lipinski definition) is 6. The summed E-state index contributed by atoms with van der Waals surface area (Å²) in [6.45, 7) is 1.37. The third kappa shape index (κ3) is 4.29. The minimum atomic E-state index is -3.36. The number of carbonyl (C=O) groups is 2. The Balaban J connectivity index is 1.95. The van der Waals surface area contributed by atoms with Crippen molar-refractivity contribution in [1.29, 1.82) is 0 Å². The van der Waals surface area contributed by atoms with E-state index in [0.717, 1.165) is 0 Å². The molecule has 1 aliphatic rings. The van der Waals surface area contributed by atoms with Crippen LogP contribution in [0.15, 0.2) is 24.3 Å². The van der Waals surface area contributed by atoms with Crippen LogP contribution >= 0.6 is 11.6 Å². The Labute approximate surface area is 160 Å². The molecule has 1 unspecified atom stereocenters. The van der Waals surface area contributed by atoms with E-state index in [-0.39, 0.29) is 23.9 Å². The summed E-state index contributed by atoms with van der Waals surface area (Å²) >= 11 is 6.00. The highest BCUT2D eigenvalue weighted by Crippen LogP contribution is 2.33. The molecule has 0 aliphatic carbocycles. The van der Waals surface area contributed by atoms with Crippen LogP contribution in [0.5, 0.6) is 0 Å². The van der Waals surface area contributed by atoms with Crippen LogP contribution in [0, 0.1) is 0 Å². The molecule has 11 heteroatoms. The molecule has 0 bridgehead atoms. The number of fused-ring (bicyclic) bond motifs is 1. The van der Waals surface area contributed by atoms with Gasteiger partial charge in [-0.2, -0.15) is 5.10 Å². The number of amides is 2. The van der Waals surface area contributed by atoms with Gasteiger partial charge in [0.05, 0.1) is 29.0 Å². The summed E-state index contributed by atoms with van der Waals surface area (Å²) in [4.78, 5) is 24.1. The number of aromatic nitrogens is 2. The van der Waals surface area contributed by atoms with Crippen molar-refractivity contribution in [2.24, 2.45) is 0 Å². The van der Waals surface area contributed by atoms with Crippen LogP contribution in [0.3, 0.4) is 0 Å². The second-order valence-corrected chi connectivity index (χ2v) is 8.71. The number of nitrogens with zero attached hydrogens (tertiary/aromatic N) is 2. The van der Waals surface area contributed by atoms with Gasteiger partial charge in [-0.1, -0.05) is 17.7 Å². The molecule has 1 aromatic carbocycles. The van der Waals surface area contributed by atoms with Gasteiger partial charge < -0.3 is 15.7 Å². The smallest absolute Gasteiger partial charge is 0.314 e. The average Bonchev–Trinajstić information content (AvgIpc) is 3.05. The summed E-state index contributed by atoms with van der Waals surface area (Å²) in [5.74, 6) is -2.37. The maximum atomic E-state index is 12.2. The molecule has 1 aromatic heterocycles. The third-order valence-electron chi connectivity index (χ3n) is 3.84. The van der Waals surface area contributed by atoms with E-state index in [4.69, 9.17) is 11.6 Å². The van der Waals surface area contributed by atoms with Gasteiger partial charge in [0.1, 0.15) is 5.82 Å². The van der Waals surface area contributed by atoms with E-state index in [1.807, 2.05) is 0 Å². The summed E-state index contributed by atoms with van der Waals surface area (Å²) in [5, 5.41) is 18.6. The number of nitrogens with one attached hydrogen (secondary N) is 2. The fourth-order valence-electron chi connectivity index (χ4n) is 2.65. The normalized spacial score (nSPS) is 15.8. The minimum Gasteiger partial charge on any atom is -0.392 e. The SMILES string of the molecule is CC(O)CNC(=O)C(=O)Nc1c2c(nn1-c1cccc(Cl)c1)CS(=O)(=O)C2. The van der Waals surface area contributed by atoms with Gasteiger partial charge in [-0.05, 0) is 25.1 Å². The molecule has 0 spiro atoms. The average molecular weight is 413 g/mol. The predicted octanol–water partition coefficient (Wildman–Crippen LogP) is 0.390. The van der Waals surface area contributed by atoms with Crippen LogP contribution in [0.2, 0.25) is 5.02 Å². The summed E-state index contributed by atoms with van der Waals surface area (Å²) in [6, 6.07) is 6.63. The van der Waals surface area contributed by atoms with Crippen molar-refractivity contribution < 1.29 is 23.1 Å². The molecule has 0 saturated carbocycles. The van der Waals surface area contributed by atoms with E-state index in [0.29, 0.717) is 22.0 Å². The van der Waals surface area contributed by atoms with Crippen molar-refractivity contribution in [3.8, 4) is 5.69 Å². The summed E-state index contributed by atoms with van der Waals surface area (Å²) in [5.41, 5.74) is 1.16. The maximum absolute atomic E-state index is 12.2. The Morgan fingerprint density at radius 2 is 2.07 bits per heavy atom. The van der Waals surface area contributed by atoms with Crippen molar-refractivity contribution in [3.05, 3.63) is 40.5 Å². The van der Waals surface area contributed by atoms with Crippen molar-refractivity contribution >= 4 is 39.1 Å². The van der Waals surface area contributed by atoms with E-state index in [1.54, 1.807) is 24.3 Å². The lowest BCUT2D eigenvalue weighted by Crippen LogP contribution is -2.39. The molecule has 2 aromatic rings. The molecule has 144 valence electrons. The zero-order valence-corrected chi connectivity index (χ0v) is 15.8. The lowest BCUT2D eigenvalue weighted by molar-refractivity contribution is -0.136. The van der Waals surface area contributed by atoms with Gasteiger partial charge in [0.2, 0.25) is 0 Å². The highest BCUT2D eigenvalue weighted by Gasteiger charge is 2.33. The Morgan fingerprint density at radius 1 is 1.33 bits per heavy atom. The fourth-order valence-corrected chi connectivity index (χ4v) is 4.33. The second kappa shape index (κ2) is 7.29. The standard InChI is InChI=1S/C16H17ClN4O5S/c1-9(22)6-18-15(23)16(24)19-14-12-7-27(25,26)8-13(12)20-21(14)11-4-2-3-10(17)5-11/h2-5,9,22H,6-8H2,1H3,(H,18,23)(H,19,24). The molecule has 1 aliphatic heterocycles. The van der Waals surface area contributed by atoms with E-state index in [1.165, 1.54) is 11.6 Å². The first-order valence-corrected chi connectivity index (χ1v) is 10.2. The Kier molecular flexibility index (Phi) is 5.22. The monoisotopic (exact) mass is 412 g/mol. The lowest BCUT2D eigenvalue weighted by atomic mass is 10.2. The van der Waals surface area contributed by atoms with Crippen molar-refractivity contribution in [2.45, 2.75) is 24.5 Å². The molecule has 3 rings (SSSR count). The second-order valence-electron chi connectivity index (χ2n) is 6.21. The molecule has 2 amide bonds. The topological polar surface area (TPSA) is 130 Å². The highest BCUT2D eigenvalue weighted by atomic mass is 35.5. The highest BCUT2D eigenvalue weighted by molar-refractivity contribution is 7.90. The summed E-state index contributed by atoms with van der Waals surface area (Å²) in [6.07, 6.45) is -0.812. The lowest BCUT2D eigenvalue weighted by Gasteiger charge is -2.12. The Hall–Kier alpha value is -2.43. The Bertz CT molecular complexity index is 1020. The molecule has 0 saturated heterocycles. The first-order valence-electron chi connectivity index (χ1n) is 8.00. The minimum absolute atomic E-state index is 0.0910. The Morgan fingerprint density at radius 3 is 2.74 bits per heavy atom. The van der Waals surface area contributed by atoms with E-state index in [2.05, 4.69) is 15.7 Å². The number of benzene rings is 1. The molecular weight excluding hydrogens is 396 g/mol. The maximum Gasteiger partial charge on any atom is 0.314 e. The van der Waals surface area contributed by atoms with Gasteiger partial charge in [0.15, 0.2) is 9.84 Å². The van der Waals surface area contributed by atoms with Crippen molar-refractivity contribution in [2.75, 3.05) is 11.9 Å². The molecule has 0 radical (unpaired) electrons. The van der Waals surface area contributed by atoms with Crippen molar-refractivity contribution in [1.82, 2.24) is 15.1 Å². The number of hydrogen-bond donors (Lipinski definition) is 3. The number of halogens is 1. The van der Waals surface area contributed by atoms with Crippen LogP contribution in [0.25, 0.3) is 5.69 Å². The van der Waals surface area contributed by atoms with E-state index in [9.17, 15) is 23.1 Å². The molecule has 0 fully saturated rings. The first kappa shape index (κ1) is 19.3. The van der Waals surface area contributed by atoms with Crippen LogP contribution in [0.4, 0.5) is 5.82 Å². The van der Waals surface area contributed by atoms with Gasteiger partial charge in [-0.15, -0.1) is 0 Å². The van der Waals surface area contributed by atoms with Crippen LogP contribution in [-0.2, 0) is 30.9 Å². The summed E-state index contributed by atoms with van der Waals surface area (Å²) < 4.78 is 25.2. The zero-order valence-electron chi connectivity index (χ0n) is 14.3. The van der Waals surface area contributed by atoms with Gasteiger partial charge in [0.25, 0.3) is 0 Å². The fraction of sp³-hybridized carbons (Fsp3) is 0.312. The number of rotatable bonds is 4. The molecule has 2 heterocycles. The van der Waals surface area contributed by atoms with Crippen molar-refractivity contribution in [3.63, 3.8) is 0 Å². The quantitative estimate of drug-likeness (QED) is 0.623. The van der Waals surface area contributed by atoms with Gasteiger partial charge in [-0.25, -0.2) is 13.1 Å². The number of aliphatic hydroxyl groups is 1. The molecule has 27 heavy (non-hydrogen) atoms. The van der Waals surface area contributed by atoms with E-state index >= 15 is 0 Å². The number of aliphatic hydroxyl groups excluding tert-OH is 1. The molecule has 1 atom stereocenters. The van der Waals surface area contributed by atoms with Crippen LogP contribution < -0.4 is 10.6 Å². The predicted molar refractivity (Wildman–Crippen MR) is 98.2 cm³/mol. The largest absolute Gasteiger partial charge is 0.392 e. The number of anilines is 1. The van der Waals surface area contributed by atoms with Gasteiger partial charge in [0, 0.05) is 17.1 Å². The van der Waals surface area contributed by atoms with E-state index < -0.39 is 27.8 Å². The van der Waals surface area contributed by atoms with Gasteiger partial charge >= 0.3 is 11.8 Å². The van der Waals surface area contributed by atoms with Crippen LogP contribution in [-0.4, -0.2) is 47.8 Å². The van der Waals surface area contributed by atoms with Crippen LogP contribution in [0.1, 0.15) is 18.2 Å². The molecule has 9 nitrogen and oxygen atoms in total. The first-order chi connectivity index (χ1) is 12.7. The number of carbonyl (C=O) groups excluding carboxylic acids is 2. The third-order valence-corrected chi connectivity index (χ3v) is 5.51. The zero-order chi connectivity index (χ0) is 19.8. The molecular formula is C16H17ClN4O5S. The molecule has 3 N–H and O–H groups in total. The summed E-state index contributed by atoms with van der Waals surface area (Å²) in [7, 11) is -3.36. The van der Waals surface area contributed by atoms with Gasteiger partial charge in [-0.3, -0.25) is 9.59 Å². The number of sulfone groups is 1.